The Labute approximate surface area is 167 Å². The van der Waals surface area contributed by atoms with Gasteiger partial charge in [0.1, 0.15) is 16.8 Å². The van der Waals surface area contributed by atoms with Crippen molar-refractivity contribution in [1.82, 2.24) is 4.57 Å². The maximum Gasteiger partial charge on any atom is 0.273 e. The zero-order chi connectivity index (χ0) is 20.3. The Kier molecular flexibility index (Phi) is 5.59. The number of benzene rings is 2. The topological polar surface area (TPSA) is 69.6 Å². The monoisotopic (exact) mass is 385 g/mol. The van der Waals surface area contributed by atoms with Crippen LogP contribution in [0, 0.1) is 36.5 Å². The summed E-state index contributed by atoms with van der Waals surface area (Å²) >= 11 is 1.17. The maximum atomic E-state index is 13.2. The van der Waals surface area contributed by atoms with Gasteiger partial charge < -0.3 is 0 Å². The van der Waals surface area contributed by atoms with Crippen LogP contribution in [-0.2, 0) is 6.42 Å². The smallest absolute Gasteiger partial charge is 0.267 e. The molecule has 0 atom stereocenters. The van der Waals surface area contributed by atoms with Gasteiger partial charge in [0, 0.05) is 0 Å². The lowest BCUT2D eigenvalue weighted by molar-refractivity contribution is 0.972. The molecule has 0 fully saturated rings. The third kappa shape index (κ3) is 3.67. The molecule has 0 N–H and O–H groups in total. The fourth-order valence-electron chi connectivity index (χ4n) is 2.95. The molecule has 1 aromatic heterocycles. The number of thiazole rings is 1. The van der Waals surface area contributed by atoms with Crippen LogP contribution in [0.15, 0.2) is 47.3 Å². The van der Waals surface area contributed by atoms with E-state index in [0.29, 0.717) is 14.9 Å². The maximum absolute atomic E-state index is 13.2. The number of rotatable bonds is 3. The molecule has 1 heterocycles. The summed E-state index contributed by atoms with van der Waals surface area (Å²) in [4.78, 5) is 13.2. The van der Waals surface area contributed by atoms with Gasteiger partial charge in [-0.2, -0.15) is 10.5 Å². The van der Waals surface area contributed by atoms with E-state index in [2.05, 4.69) is 6.92 Å². The number of aromatic nitrogens is 1. The van der Waals surface area contributed by atoms with Crippen molar-refractivity contribution in [3.05, 3.63) is 84.3 Å². The van der Waals surface area contributed by atoms with Crippen molar-refractivity contribution in [2.24, 2.45) is 0 Å². The fraction of sp³-hybridized carbons (Fsp3) is 0.174. The van der Waals surface area contributed by atoms with E-state index >= 15 is 0 Å². The average molecular weight is 385 g/mol. The second kappa shape index (κ2) is 8.08. The summed E-state index contributed by atoms with van der Waals surface area (Å²) in [5.74, 6) is 0. The molecule has 5 heteroatoms. The summed E-state index contributed by atoms with van der Waals surface area (Å²) in [5.41, 5.74) is 4.44. The molecule has 28 heavy (non-hydrogen) atoms. The quantitative estimate of drug-likeness (QED) is 0.696. The van der Waals surface area contributed by atoms with Crippen molar-refractivity contribution < 1.29 is 0 Å². The van der Waals surface area contributed by atoms with Gasteiger partial charge in [0.05, 0.1) is 10.2 Å². The SMILES string of the molecule is CCc1ccc(/C=c2\sc(=C(C#N)C#N)n(-c3cc(C)ccc3C)c2=O)cc1. The molecular formula is C23H19N3OS. The molecule has 0 aliphatic carbocycles. The molecule has 3 aromatic rings. The highest BCUT2D eigenvalue weighted by Crippen LogP contribution is 2.13. The van der Waals surface area contributed by atoms with Crippen LogP contribution >= 0.6 is 11.3 Å². The van der Waals surface area contributed by atoms with Gasteiger partial charge in [0.2, 0.25) is 0 Å². The molecule has 0 aliphatic rings. The molecular weight excluding hydrogens is 366 g/mol. The first-order valence-corrected chi connectivity index (χ1v) is 9.74. The highest BCUT2D eigenvalue weighted by Gasteiger charge is 2.13. The van der Waals surface area contributed by atoms with Crippen molar-refractivity contribution in [3.8, 4) is 17.8 Å². The fourth-order valence-corrected chi connectivity index (χ4v) is 4.00. The molecule has 0 radical (unpaired) electrons. The molecule has 0 bridgehead atoms. The van der Waals surface area contributed by atoms with E-state index in [-0.39, 0.29) is 11.1 Å². The van der Waals surface area contributed by atoms with E-state index in [1.165, 1.54) is 21.5 Å². The third-order valence-corrected chi connectivity index (χ3v) is 5.64. The Morgan fingerprint density at radius 1 is 1.11 bits per heavy atom. The minimum atomic E-state index is -0.226. The minimum Gasteiger partial charge on any atom is -0.267 e. The van der Waals surface area contributed by atoms with Crippen LogP contribution in [0.25, 0.3) is 17.3 Å². The average Bonchev–Trinajstić information content (AvgIpc) is 3.01. The summed E-state index contributed by atoms with van der Waals surface area (Å²) < 4.78 is 2.34. The summed E-state index contributed by atoms with van der Waals surface area (Å²) in [5, 5.41) is 18.8. The number of nitrogens with zero attached hydrogens (tertiary/aromatic N) is 3. The summed E-state index contributed by atoms with van der Waals surface area (Å²) in [6.45, 7) is 5.95. The molecule has 138 valence electrons. The second-order valence-corrected chi connectivity index (χ2v) is 7.57. The van der Waals surface area contributed by atoms with Crippen LogP contribution in [0.4, 0.5) is 0 Å². The van der Waals surface area contributed by atoms with Gasteiger partial charge in [0.25, 0.3) is 5.56 Å². The minimum absolute atomic E-state index is 0.0658. The Morgan fingerprint density at radius 2 is 1.79 bits per heavy atom. The van der Waals surface area contributed by atoms with E-state index in [0.717, 1.165) is 23.1 Å². The number of aryl methyl sites for hydroxylation is 3. The van der Waals surface area contributed by atoms with Crippen molar-refractivity contribution in [2.45, 2.75) is 27.2 Å². The molecule has 4 nitrogen and oxygen atoms in total. The standard InChI is InChI=1S/C23H19N3OS/c1-4-17-7-9-18(10-8-17)12-21-22(27)26(23(28-21)19(13-24)14-25)20-11-15(2)5-6-16(20)3/h5-12H,4H2,1-3H3/b21-12-. The molecule has 0 saturated carbocycles. The summed E-state index contributed by atoms with van der Waals surface area (Å²) in [6, 6.07) is 17.7. The first-order chi connectivity index (χ1) is 13.5. The van der Waals surface area contributed by atoms with Crippen molar-refractivity contribution >= 4 is 23.0 Å². The van der Waals surface area contributed by atoms with Crippen molar-refractivity contribution in [2.75, 3.05) is 0 Å². The van der Waals surface area contributed by atoms with Gasteiger partial charge in [-0.15, -0.1) is 11.3 Å². The van der Waals surface area contributed by atoms with Crippen molar-refractivity contribution in [1.29, 1.82) is 10.5 Å². The molecule has 2 aromatic carbocycles. The lowest BCUT2D eigenvalue weighted by Gasteiger charge is -2.07. The highest BCUT2D eigenvalue weighted by atomic mass is 32.1. The Bertz CT molecular complexity index is 1280. The Hall–Kier alpha value is -3.41. The summed E-state index contributed by atoms with van der Waals surface area (Å²) in [7, 11) is 0. The van der Waals surface area contributed by atoms with Crippen molar-refractivity contribution in [3.63, 3.8) is 0 Å². The van der Waals surface area contributed by atoms with Gasteiger partial charge in [-0.25, -0.2) is 0 Å². The Balaban J connectivity index is 2.37. The lowest BCUT2D eigenvalue weighted by atomic mass is 10.1. The predicted molar refractivity (Wildman–Crippen MR) is 113 cm³/mol. The summed E-state index contributed by atoms with van der Waals surface area (Å²) in [6.07, 6.45) is 2.76. The van der Waals surface area contributed by atoms with E-state index < -0.39 is 0 Å². The third-order valence-electron chi connectivity index (χ3n) is 4.55. The van der Waals surface area contributed by atoms with Crippen LogP contribution < -0.4 is 14.8 Å². The number of nitriles is 2. The normalized spacial score (nSPS) is 11.1. The largest absolute Gasteiger partial charge is 0.273 e. The zero-order valence-electron chi connectivity index (χ0n) is 16.0. The van der Waals surface area contributed by atoms with E-state index in [1.54, 1.807) is 0 Å². The Morgan fingerprint density at radius 3 is 2.39 bits per heavy atom. The molecule has 0 amide bonds. The second-order valence-electron chi connectivity index (χ2n) is 6.54. The van der Waals surface area contributed by atoms with Gasteiger partial charge in [-0.1, -0.05) is 43.3 Å². The molecule has 3 rings (SSSR count). The van der Waals surface area contributed by atoms with Gasteiger partial charge in [-0.3, -0.25) is 9.36 Å². The van der Waals surface area contributed by atoms with Gasteiger partial charge in [0.15, 0.2) is 5.57 Å². The molecule has 0 aliphatic heterocycles. The first-order valence-electron chi connectivity index (χ1n) is 8.93. The van der Waals surface area contributed by atoms with Crippen LogP contribution in [-0.4, -0.2) is 4.57 Å². The lowest BCUT2D eigenvalue weighted by Crippen LogP contribution is -2.31. The van der Waals surface area contributed by atoms with Gasteiger partial charge in [-0.05, 0) is 54.7 Å². The van der Waals surface area contributed by atoms with Gasteiger partial charge >= 0.3 is 0 Å². The number of hydrogen-bond donors (Lipinski definition) is 0. The van der Waals surface area contributed by atoms with Crippen LogP contribution in [0.3, 0.4) is 0 Å². The van der Waals surface area contributed by atoms with E-state index in [9.17, 15) is 15.3 Å². The number of hydrogen-bond acceptors (Lipinski definition) is 4. The van der Waals surface area contributed by atoms with E-state index in [1.807, 2.05) is 74.5 Å². The van der Waals surface area contributed by atoms with Crippen LogP contribution in [0.2, 0.25) is 0 Å². The van der Waals surface area contributed by atoms with Crippen LogP contribution in [0.1, 0.15) is 29.2 Å². The molecule has 0 unspecified atom stereocenters. The van der Waals surface area contributed by atoms with E-state index in [4.69, 9.17) is 0 Å². The molecule has 0 saturated heterocycles. The zero-order valence-corrected chi connectivity index (χ0v) is 16.8. The van der Waals surface area contributed by atoms with Crippen LogP contribution in [0.5, 0.6) is 0 Å². The first kappa shape index (κ1) is 19.4. The molecule has 0 spiro atoms. The predicted octanol–water partition coefficient (Wildman–Crippen LogP) is 3.10. The highest BCUT2D eigenvalue weighted by molar-refractivity contribution is 7.07.